The van der Waals surface area contributed by atoms with Crippen LogP contribution in [0.25, 0.3) is 11.3 Å². The van der Waals surface area contributed by atoms with E-state index in [9.17, 15) is 4.79 Å². The first-order valence-electron chi connectivity index (χ1n) is 8.04. The van der Waals surface area contributed by atoms with Crippen LogP contribution in [0.3, 0.4) is 0 Å². The van der Waals surface area contributed by atoms with Crippen molar-refractivity contribution in [1.29, 1.82) is 0 Å². The number of piperidine rings is 1. The molecule has 0 unspecified atom stereocenters. The third-order valence-corrected chi connectivity index (χ3v) is 4.69. The number of amides is 2. The fourth-order valence-corrected chi connectivity index (χ4v) is 3.14. The van der Waals surface area contributed by atoms with Crippen LogP contribution in [-0.4, -0.2) is 35.0 Å². The van der Waals surface area contributed by atoms with Crippen LogP contribution in [0, 0.1) is 0 Å². The highest BCUT2D eigenvalue weighted by Gasteiger charge is 2.26. The first kappa shape index (κ1) is 16.8. The normalized spacial score (nSPS) is 17.6. The second-order valence-electron chi connectivity index (χ2n) is 6.06. The van der Waals surface area contributed by atoms with Crippen LogP contribution in [-0.2, 0) is 0 Å². The Labute approximate surface area is 146 Å². The summed E-state index contributed by atoms with van der Waals surface area (Å²) in [6.45, 7) is 3.81. The molecule has 24 heavy (non-hydrogen) atoms. The molecule has 2 heterocycles. The monoisotopic (exact) mass is 348 g/mol. The zero-order valence-corrected chi connectivity index (χ0v) is 14.3. The van der Waals surface area contributed by atoms with Crippen molar-refractivity contribution in [2.24, 2.45) is 5.73 Å². The van der Waals surface area contributed by atoms with Crippen molar-refractivity contribution in [3.8, 4) is 11.3 Å². The molecule has 0 aliphatic carbocycles. The number of likely N-dealkylation sites (tertiary alicyclic amines) is 1. The first-order valence-corrected chi connectivity index (χ1v) is 8.42. The quantitative estimate of drug-likeness (QED) is 0.888. The Kier molecular flexibility index (Phi) is 5.06. The van der Waals surface area contributed by atoms with Crippen molar-refractivity contribution in [3.63, 3.8) is 0 Å². The largest absolute Gasteiger partial charge is 0.439 e. The molecule has 2 aromatic rings. The number of benzene rings is 1. The van der Waals surface area contributed by atoms with Gasteiger partial charge < -0.3 is 15.5 Å². The van der Waals surface area contributed by atoms with Gasteiger partial charge in [0.05, 0.1) is 12.2 Å². The minimum absolute atomic E-state index is 0.0839. The Balaban J connectivity index is 1.63. The average molecular weight is 349 g/mol. The maximum absolute atomic E-state index is 10.9. The summed E-state index contributed by atoms with van der Waals surface area (Å²) in [6, 6.07) is 7.27. The van der Waals surface area contributed by atoms with Gasteiger partial charge in [-0.3, -0.25) is 4.90 Å². The van der Waals surface area contributed by atoms with Crippen molar-refractivity contribution in [3.05, 3.63) is 41.4 Å². The molecule has 1 aliphatic rings. The lowest BCUT2D eigenvalue weighted by molar-refractivity contribution is 0.137. The molecule has 128 valence electrons. The maximum Gasteiger partial charge on any atom is 0.312 e. The number of hydrogen-bond acceptors (Lipinski definition) is 4. The summed E-state index contributed by atoms with van der Waals surface area (Å²) in [4.78, 5) is 17.7. The second kappa shape index (κ2) is 7.23. The lowest BCUT2D eigenvalue weighted by atomic mass is 10.0. The number of primary amides is 1. The molecule has 0 radical (unpaired) electrons. The number of nitrogens with two attached hydrogens (primary N) is 1. The summed E-state index contributed by atoms with van der Waals surface area (Å²) in [5.74, 6) is 1.43. The Bertz CT molecular complexity index is 693. The number of nitrogens with one attached hydrogen (secondary N) is 1. The van der Waals surface area contributed by atoms with Gasteiger partial charge in [0.1, 0.15) is 0 Å². The summed E-state index contributed by atoms with van der Waals surface area (Å²) < 4.78 is 5.93. The van der Waals surface area contributed by atoms with E-state index in [1.807, 2.05) is 24.3 Å². The van der Waals surface area contributed by atoms with Crippen LogP contribution in [0.1, 0.15) is 31.7 Å². The fourth-order valence-electron chi connectivity index (χ4n) is 3.02. The van der Waals surface area contributed by atoms with Crippen LogP contribution < -0.4 is 11.1 Å². The van der Waals surface area contributed by atoms with Crippen molar-refractivity contribution < 1.29 is 9.21 Å². The number of carbonyl (C=O) groups is 1. The Morgan fingerprint density at radius 1 is 1.38 bits per heavy atom. The van der Waals surface area contributed by atoms with E-state index >= 15 is 0 Å². The zero-order chi connectivity index (χ0) is 17.1. The third kappa shape index (κ3) is 3.88. The highest BCUT2D eigenvalue weighted by molar-refractivity contribution is 6.30. The van der Waals surface area contributed by atoms with E-state index in [-0.39, 0.29) is 12.1 Å². The van der Waals surface area contributed by atoms with Gasteiger partial charge in [-0.05, 0) is 44.0 Å². The van der Waals surface area contributed by atoms with Gasteiger partial charge in [0, 0.05) is 29.7 Å². The molecule has 1 atom stereocenters. The van der Waals surface area contributed by atoms with Gasteiger partial charge in [0.25, 0.3) is 0 Å². The minimum atomic E-state index is -0.457. The highest BCUT2D eigenvalue weighted by Crippen LogP contribution is 2.28. The molecule has 0 spiro atoms. The predicted octanol–water partition coefficient (Wildman–Crippen LogP) is 3.19. The second-order valence-corrected chi connectivity index (χ2v) is 6.50. The summed E-state index contributed by atoms with van der Waals surface area (Å²) in [7, 11) is 0. The van der Waals surface area contributed by atoms with E-state index in [0.717, 1.165) is 37.3 Å². The number of rotatable bonds is 4. The number of carbonyl (C=O) groups excluding carboxylic acids is 1. The number of halogens is 1. The summed E-state index contributed by atoms with van der Waals surface area (Å²) in [6.07, 6.45) is 3.49. The van der Waals surface area contributed by atoms with Crippen molar-refractivity contribution >= 4 is 17.6 Å². The van der Waals surface area contributed by atoms with Gasteiger partial charge in [0.2, 0.25) is 5.89 Å². The van der Waals surface area contributed by atoms with Crippen molar-refractivity contribution in [2.75, 3.05) is 13.1 Å². The van der Waals surface area contributed by atoms with Gasteiger partial charge >= 0.3 is 6.03 Å². The molecule has 3 rings (SSSR count). The molecule has 1 aromatic carbocycles. The van der Waals surface area contributed by atoms with E-state index in [1.165, 1.54) is 0 Å². The van der Waals surface area contributed by atoms with E-state index in [4.69, 9.17) is 21.8 Å². The molecule has 2 amide bonds. The molecule has 0 bridgehead atoms. The molecular formula is C17H21ClN4O2. The Morgan fingerprint density at radius 3 is 2.67 bits per heavy atom. The number of oxazole rings is 1. The van der Waals surface area contributed by atoms with Crippen LogP contribution in [0.5, 0.6) is 0 Å². The minimum Gasteiger partial charge on any atom is -0.439 e. The SMILES string of the molecule is C[C@@H](c1ncc(-c2ccc(Cl)cc2)o1)N1CCC(NC(N)=O)CC1. The Hall–Kier alpha value is -2.05. The van der Waals surface area contributed by atoms with Crippen molar-refractivity contribution in [2.45, 2.75) is 31.8 Å². The smallest absolute Gasteiger partial charge is 0.312 e. The number of hydrogen-bond donors (Lipinski definition) is 2. The van der Waals surface area contributed by atoms with E-state index in [1.54, 1.807) is 6.20 Å². The maximum atomic E-state index is 10.9. The Morgan fingerprint density at radius 2 is 2.04 bits per heavy atom. The zero-order valence-electron chi connectivity index (χ0n) is 13.5. The standard InChI is InChI=1S/C17H21ClN4O2/c1-11(22-8-6-14(7-9-22)21-17(19)23)16-20-10-15(24-16)12-2-4-13(18)5-3-12/h2-5,10-11,14H,6-9H2,1H3,(H3,19,21,23)/t11-/m0/s1. The molecule has 1 fully saturated rings. The molecule has 1 aliphatic heterocycles. The van der Waals surface area contributed by atoms with Crippen molar-refractivity contribution in [1.82, 2.24) is 15.2 Å². The lowest BCUT2D eigenvalue weighted by Crippen LogP contribution is -2.46. The van der Waals surface area contributed by atoms with E-state index in [0.29, 0.717) is 10.9 Å². The number of aromatic nitrogens is 1. The third-order valence-electron chi connectivity index (χ3n) is 4.43. The predicted molar refractivity (Wildman–Crippen MR) is 92.7 cm³/mol. The fraction of sp³-hybridized carbons (Fsp3) is 0.412. The van der Waals surface area contributed by atoms with Crippen LogP contribution >= 0.6 is 11.6 Å². The average Bonchev–Trinajstić information content (AvgIpc) is 3.05. The van der Waals surface area contributed by atoms with E-state index in [2.05, 4.69) is 22.1 Å². The molecule has 6 nitrogen and oxygen atoms in total. The highest BCUT2D eigenvalue weighted by atomic mass is 35.5. The molecule has 0 saturated carbocycles. The number of urea groups is 1. The van der Waals surface area contributed by atoms with Gasteiger partial charge in [-0.25, -0.2) is 9.78 Å². The number of nitrogens with zero attached hydrogens (tertiary/aromatic N) is 2. The van der Waals surface area contributed by atoms with Gasteiger partial charge in [-0.1, -0.05) is 11.6 Å². The lowest BCUT2D eigenvalue weighted by Gasteiger charge is -2.34. The van der Waals surface area contributed by atoms with Crippen LogP contribution in [0.15, 0.2) is 34.9 Å². The molecular weight excluding hydrogens is 328 g/mol. The first-order chi connectivity index (χ1) is 11.5. The summed E-state index contributed by atoms with van der Waals surface area (Å²) >= 11 is 5.91. The van der Waals surface area contributed by atoms with Gasteiger partial charge in [-0.2, -0.15) is 0 Å². The van der Waals surface area contributed by atoms with E-state index < -0.39 is 6.03 Å². The molecule has 7 heteroatoms. The van der Waals surface area contributed by atoms with Crippen LogP contribution in [0.4, 0.5) is 4.79 Å². The topological polar surface area (TPSA) is 84.4 Å². The molecule has 1 aromatic heterocycles. The molecule has 3 N–H and O–H groups in total. The van der Waals surface area contributed by atoms with Crippen LogP contribution in [0.2, 0.25) is 5.02 Å². The van der Waals surface area contributed by atoms with Gasteiger partial charge in [0.15, 0.2) is 5.76 Å². The summed E-state index contributed by atoms with van der Waals surface area (Å²) in [5.41, 5.74) is 6.13. The van der Waals surface area contributed by atoms with Gasteiger partial charge in [-0.15, -0.1) is 0 Å². The molecule has 1 saturated heterocycles. The summed E-state index contributed by atoms with van der Waals surface area (Å²) in [5, 5.41) is 3.47.